The van der Waals surface area contributed by atoms with Gasteiger partial charge in [-0.1, -0.05) is 29.4 Å². The zero-order chi connectivity index (χ0) is 21.5. The number of benzene rings is 1. The third kappa shape index (κ3) is 5.13. The number of nitrogens with zero attached hydrogens (tertiary/aromatic N) is 7. The molecule has 4 aromatic rings. The molecule has 0 spiro atoms. The van der Waals surface area contributed by atoms with Gasteiger partial charge in [-0.15, -0.1) is 0 Å². The van der Waals surface area contributed by atoms with E-state index in [1.54, 1.807) is 13.2 Å². The molecule has 0 atom stereocenters. The Morgan fingerprint density at radius 1 is 1.16 bits per heavy atom. The van der Waals surface area contributed by atoms with Crippen molar-refractivity contribution in [2.75, 3.05) is 20.6 Å². The summed E-state index contributed by atoms with van der Waals surface area (Å²) in [5, 5.41) is 11.8. The van der Waals surface area contributed by atoms with E-state index in [2.05, 4.69) is 30.5 Å². The molecular formula is C22H24N8O. The average molecular weight is 416 g/mol. The van der Waals surface area contributed by atoms with Crippen molar-refractivity contribution in [1.29, 1.82) is 0 Å². The van der Waals surface area contributed by atoms with E-state index in [9.17, 15) is 0 Å². The van der Waals surface area contributed by atoms with Gasteiger partial charge in [0.25, 0.3) is 5.89 Å². The summed E-state index contributed by atoms with van der Waals surface area (Å²) in [6, 6.07) is 15.6. The monoisotopic (exact) mass is 416 g/mol. The van der Waals surface area contributed by atoms with Crippen molar-refractivity contribution in [2.45, 2.75) is 13.0 Å². The second-order valence-electron chi connectivity index (χ2n) is 6.94. The number of rotatable bonds is 7. The molecule has 3 aromatic heterocycles. The number of aromatic nitrogens is 5. The van der Waals surface area contributed by atoms with Gasteiger partial charge < -0.3 is 14.7 Å². The van der Waals surface area contributed by atoms with Gasteiger partial charge in [0.15, 0.2) is 11.8 Å². The molecule has 31 heavy (non-hydrogen) atoms. The van der Waals surface area contributed by atoms with E-state index in [-0.39, 0.29) is 0 Å². The van der Waals surface area contributed by atoms with Crippen LogP contribution in [0.4, 0.5) is 0 Å². The summed E-state index contributed by atoms with van der Waals surface area (Å²) in [4.78, 5) is 15.0. The van der Waals surface area contributed by atoms with Gasteiger partial charge in [0.05, 0.1) is 11.9 Å². The molecule has 1 N–H and O–H groups in total. The quantitative estimate of drug-likeness (QED) is 0.365. The van der Waals surface area contributed by atoms with Gasteiger partial charge in [0.2, 0.25) is 0 Å². The fraction of sp³-hybridized carbons (Fsp3) is 0.227. The van der Waals surface area contributed by atoms with E-state index < -0.39 is 0 Å². The molecule has 158 valence electrons. The van der Waals surface area contributed by atoms with E-state index in [1.165, 1.54) is 0 Å². The Labute approximate surface area is 180 Å². The third-order valence-corrected chi connectivity index (χ3v) is 4.63. The smallest absolute Gasteiger partial charge is 0.276 e. The number of hydrogen-bond donors (Lipinski definition) is 1. The molecule has 0 radical (unpaired) electrons. The average Bonchev–Trinajstić information content (AvgIpc) is 3.48. The van der Waals surface area contributed by atoms with Crippen LogP contribution in [0, 0.1) is 0 Å². The van der Waals surface area contributed by atoms with Crippen LogP contribution >= 0.6 is 0 Å². The number of hydrogen-bond acceptors (Lipinski definition) is 6. The van der Waals surface area contributed by atoms with E-state index in [1.807, 2.05) is 77.6 Å². The van der Waals surface area contributed by atoms with Crippen LogP contribution in [0.1, 0.15) is 11.4 Å². The molecule has 0 unspecified atom stereocenters. The molecule has 0 amide bonds. The summed E-state index contributed by atoms with van der Waals surface area (Å²) in [5.74, 6) is 1.82. The van der Waals surface area contributed by atoms with Crippen molar-refractivity contribution in [3.05, 3.63) is 78.5 Å². The molecular weight excluding hydrogens is 392 g/mol. The maximum Gasteiger partial charge on any atom is 0.276 e. The fourth-order valence-electron chi connectivity index (χ4n) is 3.13. The zero-order valence-electron chi connectivity index (χ0n) is 17.5. The van der Waals surface area contributed by atoms with Gasteiger partial charge in [-0.25, -0.2) is 4.68 Å². The number of pyridine rings is 1. The van der Waals surface area contributed by atoms with Crippen LogP contribution in [0.5, 0.6) is 0 Å². The second-order valence-corrected chi connectivity index (χ2v) is 6.94. The number of aliphatic imine (C=N–C) groups is 1. The Balaban J connectivity index is 1.29. The summed E-state index contributed by atoms with van der Waals surface area (Å²) < 4.78 is 7.17. The van der Waals surface area contributed by atoms with E-state index >= 15 is 0 Å². The Hall–Kier alpha value is -4.01. The van der Waals surface area contributed by atoms with E-state index in [4.69, 9.17) is 4.52 Å². The Bertz CT molecular complexity index is 1120. The second kappa shape index (κ2) is 9.66. The van der Waals surface area contributed by atoms with Gasteiger partial charge in [-0.3, -0.25) is 9.98 Å². The zero-order valence-corrected chi connectivity index (χ0v) is 17.5. The first kappa shape index (κ1) is 20.3. The molecule has 3 heterocycles. The first-order chi connectivity index (χ1) is 15.2. The third-order valence-electron chi connectivity index (χ3n) is 4.63. The minimum absolute atomic E-state index is 0.424. The van der Waals surface area contributed by atoms with E-state index in [0.29, 0.717) is 36.9 Å². The van der Waals surface area contributed by atoms with Gasteiger partial charge in [0.1, 0.15) is 5.69 Å². The Morgan fingerprint density at radius 2 is 2.00 bits per heavy atom. The molecule has 0 fully saturated rings. The summed E-state index contributed by atoms with van der Waals surface area (Å²) in [6.45, 7) is 1.31. The standard InChI is InChI=1S/C22H24N8O/c1-23-22(25-13-11-20-27-21(31-28-20)19-10-6-7-12-24-19)29(2)15-17-14-26-30(16-17)18-8-4-3-5-9-18/h3-10,12,14,16H,11,13,15H2,1-2H3,(H,23,25). The van der Waals surface area contributed by atoms with Crippen molar-refractivity contribution >= 4 is 5.96 Å². The summed E-state index contributed by atoms with van der Waals surface area (Å²) in [5.41, 5.74) is 2.79. The minimum atomic E-state index is 0.424. The van der Waals surface area contributed by atoms with Crippen LogP contribution in [0.2, 0.25) is 0 Å². The molecule has 1 aromatic carbocycles. The molecule has 0 aliphatic rings. The predicted molar refractivity (Wildman–Crippen MR) is 118 cm³/mol. The summed E-state index contributed by atoms with van der Waals surface area (Å²) >= 11 is 0. The lowest BCUT2D eigenvalue weighted by Gasteiger charge is -2.21. The highest BCUT2D eigenvalue weighted by atomic mass is 16.5. The predicted octanol–water partition coefficient (Wildman–Crippen LogP) is 2.57. The lowest BCUT2D eigenvalue weighted by molar-refractivity contribution is 0.420. The van der Waals surface area contributed by atoms with Gasteiger partial charge >= 0.3 is 0 Å². The molecule has 0 bridgehead atoms. The molecule has 0 saturated carbocycles. The van der Waals surface area contributed by atoms with Crippen molar-refractivity contribution < 1.29 is 4.52 Å². The highest BCUT2D eigenvalue weighted by molar-refractivity contribution is 5.79. The summed E-state index contributed by atoms with van der Waals surface area (Å²) in [6.07, 6.45) is 6.20. The van der Waals surface area contributed by atoms with Crippen molar-refractivity contribution in [3.8, 4) is 17.3 Å². The van der Waals surface area contributed by atoms with Gasteiger partial charge in [-0.05, 0) is 24.3 Å². The molecule has 4 rings (SSSR count). The lowest BCUT2D eigenvalue weighted by atomic mass is 10.3. The lowest BCUT2D eigenvalue weighted by Crippen LogP contribution is -2.39. The minimum Gasteiger partial charge on any atom is -0.356 e. The van der Waals surface area contributed by atoms with Crippen LogP contribution in [0.3, 0.4) is 0 Å². The Morgan fingerprint density at radius 3 is 2.77 bits per heavy atom. The van der Waals surface area contributed by atoms with Crippen molar-refractivity contribution in [2.24, 2.45) is 4.99 Å². The van der Waals surface area contributed by atoms with Crippen LogP contribution in [-0.4, -0.2) is 56.4 Å². The maximum atomic E-state index is 5.30. The largest absolute Gasteiger partial charge is 0.356 e. The topological polar surface area (TPSA) is 97.3 Å². The molecule has 0 aliphatic heterocycles. The molecule has 0 saturated heterocycles. The van der Waals surface area contributed by atoms with Gasteiger partial charge in [-0.2, -0.15) is 10.1 Å². The van der Waals surface area contributed by atoms with Crippen molar-refractivity contribution in [3.63, 3.8) is 0 Å². The first-order valence-electron chi connectivity index (χ1n) is 9.97. The van der Waals surface area contributed by atoms with Crippen LogP contribution in [-0.2, 0) is 13.0 Å². The fourth-order valence-corrected chi connectivity index (χ4v) is 3.13. The van der Waals surface area contributed by atoms with Crippen LogP contribution < -0.4 is 5.32 Å². The molecule has 0 aliphatic carbocycles. The van der Waals surface area contributed by atoms with E-state index in [0.717, 1.165) is 17.2 Å². The molecule has 9 heteroatoms. The Kier molecular flexibility index (Phi) is 6.32. The van der Waals surface area contributed by atoms with Crippen LogP contribution in [0.25, 0.3) is 17.3 Å². The maximum absolute atomic E-state index is 5.30. The van der Waals surface area contributed by atoms with Crippen LogP contribution in [0.15, 0.2) is 76.6 Å². The summed E-state index contributed by atoms with van der Waals surface area (Å²) in [7, 11) is 3.75. The molecule has 9 nitrogen and oxygen atoms in total. The number of guanidine groups is 1. The number of nitrogens with one attached hydrogen (secondary N) is 1. The normalized spacial score (nSPS) is 11.5. The SMILES string of the molecule is CN=C(NCCc1noc(-c2ccccn2)n1)N(C)Cc1cnn(-c2ccccc2)c1. The highest BCUT2D eigenvalue weighted by Crippen LogP contribution is 2.13. The number of para-hydroxylation sites is 1. The van der Waals surface area contributed by atoms with Crippen molar-refractivity contribution in [1.82, 2.24) is 35.1 Å². The highest BCUT2D eigenvalue weighted by Gasteiger charge is 2.11. The van der Waals surface area contributed by atoms with Gasteiger partial charge in [0, 0.05) is 51.6 Å². The first-order valence-corrected chi connectivity index (χ1v) is 9.97.